The van der Waals surface area contributed by atoms with Crippen LogP contribution in [0.1, 0.15) is 61.4 Å². The number of ether oxygens (including phenoxy) is 1. The Kier molecular flexibility index (Phi) is 4.24. The average molecular weight is 343 g/mol. The van der Waals surface area contributed by atoms with E-state index in [1.54, 1.807) is 6.07 Å². The van der Waals surface area contributed by atoms with Crippen molar-refractivity contribution >= 4 is 5.69 Å². The number of benzene rings is 2. The van der Waals surface area contributed by atoms with Gasteiger partial charge < -0.3 is 10.1 Å². The number of halogens is 2. The van der Waals surface area contributed by atoms with Gasteiger partial charge in [0.05, 0.1) is 12.1 Å². The van der Waals surface area contributed by atoms with E-state index in [4.69, 9.17) is 4.74 Å². The number of rotatable bonds is 2. The lowest BCUT2D eigenvalue weighted by Gasteiger charge is -2.43. The normalized spacial score (nSPS) is 25.2. The van der Waals surface area contributed by atoms with Gasteiger partial charge in [0.25, 0.3) is 0 Å². The second kappa shape index (κ2) is 6.41. The van der Waals surface area contributed by atoms with Gasteiger partial charge in [-0.25, -0.2) is 8.78 Å². The molecule has 0 amide bonds. The molecule has 0 saturated carbocycles. The van der Waals surface area contributed by atoms with Crippen LogP contribution in [0.5, 0.6) is 0 Å². The van der Waals surface area contributed by atoms with Crippen molar-refractivity contribution in [1.29, 1.82) is 0 Å². The van der Waals surface area contributed by atoms with E-state index in [0.717, 1.165) is 36.8 Å². The summed E-state index contributed by atoms with van der Waals surface area (Å²) in [6.07, 6.45) is 1.88. The van der Waals surface area contributed by atoms with E-state index in [1.807, 2.05) is 0 Å². The third kappa shape index (κ3) is 2.93. The third-order valence-electron chi connectivity index (χ3n) is 5.45. The predicted molar refractivity (Wildman–Crippen MR) is 94.7 cm³/mol. The highest BCUT2D eigenvalue weighted by atomic mass is 19.1. The van der Waals surface area contributed by atoms with E-state index in [9.17, 15) is 8.78 Å². The Bertz CT molecular complexity index is 789. The first kappa shape index (κ1) is 16.5. The summed E-state index contributed by atoms with van der Waals surface area (Å²) >= 11 is 0. The van der Waals surface area contributed by atoms with Gasteiger partial charge in [0, 0.05) is 35.4 Å². The van der Waals surface area contributed by atoms with Gasteiger partial charge in [-0.15, -0.1) is 0 Å². The van der Waals surface area contributed by atoms with Crippen LogP contribution in [-0.4, -0.2) is 6.61 Å². The summed E-state index contributed by atoms with van der Waals surface area (Å²) in [6, 6.07) is 10.0. The van der Waals surface area contributed by atoms with Crippen molar-refractivity contribution < 1.29 is 13.5 Å². The van der Waals surface area contributed by atoms with Crippen LogP contribution >= 0.6 is 0 Å². The van der Waals surface area contributed by atoms with Crippen LogP contribution in [-0.2, 0) is 4.74 Å². The lowest BCUT2D eigenvalue weighted by Crippen LogP contribution is -2.36. The highest BCUT2D eigenvalue weighted by molar-refractivity contribution is 5.58. The van der Waals surface area contributed by atoms with Crippen LogP contribution in [0.3, 0.4) is 0 Å². The molecule has 3 atom stereocenters. The molecule has 132 valence electrons. The second-order valence-corrected chi connectivity index (χ2v) is 7.39. The van der Waals surface area contributed by atoms with Crippen LogP contribution < -0.4 is 5.32 Å². The van der Waals surface area contributed by atoms with Crippen molar-refractivity contribution in [2.24, 2.45) is 5.92 Å². The van der Waals surface area contributed by atoms with Crippen LogP contribution in [0, 0.1) is 17.6 Å². The SMILES string of the molecule is CC(C)c1ccc2c(c1)C1OCCCC1C(c1ccc(F)cc1F)N2. The molecule has 4 heteroatoms. The van der Waals surface area contributed by atoms with Crippen LogP contribution in [0.15, 0.2) is 36.4 Å². The maximum atomic E-state index is 14.4. The fraction of sp³-hybridized carbons (Fsp3) is 0.429. The molecule has 25 heavy (non-hydrogen) atoms. The topological polar surface area (TPSA) is 21.3 Å². The highest BCUT2D eigenvalue weighted by Gasteiger charge is 2.40. The molecular formula is C21H23F2NO. The van der Waals surface area contributed by atoms with E-state index in [0.29, 0.717) is 11.5 Å². The molecule has 0 bridgehead atoms. The largest absolute Gasteiger partial charge is 0.377 e. The lowest BCUT2D eigenvalue weighted by molar-refractivity contribution is -0.0384. The fourth-order valence-electron chi connectivity index (χ4n) is 4.11. The summed E-state index contributed by atoms with van der Waals surface area (Å²) in [5.74, 6) is -0.456. The summed E-state index contributed by atoms with van der Waals surface area (Å²) in [7, 11) is 0. The molecule has 2 heterocycles. The first-order valence-corrected chi connectivity index (χ1v) is 9.01. The number of hydrogen-bond acceptors (Lipinski definition) is 2. The van der Waals surface area contributed by atoms with Gasteiger partial charge in [0.15, 0.2) is 0 Å². The summed E-state index contributed by atoms with van der Waals surface area (Å²) in [6.45, 7) is 5.08. The quantitative estimate of drug-likeness (QED) is 0.753. The molecule has 1 fully saturated rings. The molecule has 3 unspecified atom stereocenters. The summed E-state index contributed by atoms with van der Waals surface area (Å²) in [5.41, 5.74) is 3.94. The van der Waals surface area contributed by atoms with Crippen molar-refractivity contribution in [3.8, 4) is 0 Å². The van der Waals surface area contributed by atoms with Gasteiger partial charge in [-0.2, -0.15) is 0 Å². The maximum absolute atomic E-state index is 14.4. The van der Waals surface area contributed by atoms with Gasteiger partial charge in [-0.3, -0.25) is 0 Å². The molecule has 2 aliphatic rings. The van der Waals surface area contributed by atoms with Crippen LogP contribution in [0.2, 0.25) is 0 Å². The second-order valence-electron chi connectivity index (χ2n) is 7.39. The Morgan fingerprint density at radius 1 is 1.08 bits per heavy atom. The zero-order valence-corrected chi connectivity index (χ0v) is 14.6. The molecule has 2 aromatic carbocycles. The maximum Gasteiger partial charge on any atom is 0.131 e. The molecule has 4 rings (SSSR count). The predicted octanol–water partition coefficient (Wildman–Crippen LogP) is 5.72. The monoisotopic (exact) mass is 343 g/mol. The average Bonchev–Trinajstić information content (AvgIpc) is 2.61. The zero-order chi connectivity index (χ0) is 17.6. The number of fused-ring (bicyclic) bond motifs is 3. The number of hydrogen-bond donors (Lipinski definition) is 1. The van der Waals surface area contributed by atoms with E-state index in [1.165, 1.54) is 11.6 Å². The molecule has 0 radical (unpaired) electrons. The summed E-state index contributed by atoms with van der Waals surface area (Å²) < 4.78 is 33.9. The molecular weight excluding hydrogens is 320 g/mol. The summed E-state index contributed by atoms with van der Waals surface area (Å²) in [5, 5.41) is 3.50. The Morgan fingerprint density at radius 2 is 1.92 bits per heavy atom. The van der Waals surface area contributed by atoms with E-state index in [2.05, 4.69) is 37.4 Å². The fourth-order valence-corrected chi connectivity index (χ4v) is 4.11. The van der Waals surface area contributed by atoms with Crippen LogP contribution in [0.4, 0.5) is 14.5 Å². The third-order valence-corrected chi connectivity index (χ3v) is 5.45. The highest BCUT2D eigenvalue weighted by Crippen LogP contribution is 2.49. The Balaban J connectivity index is 1.78. The van der Waals surface area contributed by atoms with E-state index < -0.39 is 11.6 Å². The van der Waals surface area contributed by atoms with Crippen molar-refractivity contribution in [2.45, 2.75) is 44.8 Å². The van der Waals surface area contributed by atoms with E-state index in [-0.39, 0.29) is 18.1 Å². The number of nitrogens with one attached hydrogen (secondary N) is 1. The molecule has 2 nitrogen and oxygen atoms in total. The van der Waals surface area contributed by atoms with Crippen molar-refractivity contribution in [3.63, 3.8) is 0 Å². The van der Waals surface area contributed by atoms with Gasteiger partial charge in [0.1, 0.15) is 11.6 Å². The first-order valence-electron chi connectivity index (χ1n) is 9.01. The van der Waals surface area contributed by atoms with Gasteiger partial charge in [0.2, 0.25) is 0 Å². The van der Waals surface area contributed by atoms with Gasteiger partial charge in [-0.1, -0.05) is 32.0 Å². The van der Waals surface area contributed by atoms with Gasteiger partial charge in [-0.05, 0) is 36.5 Å². The molecule has 0 aliphatic carbocycles. The molecule has 2 aromatic rings. The minimum Gasteiger partial charge on any atom is -0.377 e. The standard InChI is InChI=1S/C21H23F2NO/c1-12(2)13-5-8-19-17(10-13)21-16(4-3-9-25-21)20(24-19)15-7-6-14(22)11-18(15)23/h5-8,10-12,16,20-21,24H,3-4,9H2,1-2H3. The first-order chi connectivity index (χ1) is 12.0. The van der Waals surface area contributed by atoms with Gasteiger partial charge >= 0.3 is 0 Å². The smallest absolute Gasteiger partial charge is 0.131 e. The van der Waals surface area contributed by atoms with Crippen molar-refractivity contribution in [1.82, 2.24) is 0 Å². The molecule has 1 N–H and O–H groups in total. The lowest BCUT2D eigenvalue weighted by atomic mass is 9.77. The zero-order valence-electron chi connectivity index (χ0n) is 14.6. The van der Waals surface area contributed by atoms with Crippen molar-refractivity contribution in [3.05, 3.63) is 64.7 Å². The summed E-state index contributed by atoms with van der Waals surface area (Å²) in [4.78, 5) is 0. The molecule has 0 spiro atoms. The van der Waals surface area contributed by atoms with E-state index >= 15 is 0 Å². The Labute approximate surface area is 147 Å². The van der Waals surface area contributed by atoms with Crippen molar-refractivity contribution in [2.75, 3.05) is 11.9 Å². The Morgan fingerprint density at radius 3 is 2.68 bits per heavy atom. The molecule has 0 aromatic heterocycles. The minimum atomic E-state index is -0.546. The van der Waals surface area contributed by atoms with Crippen LogP contribution in [0.25, 0.3) is 0 Å². The number of anilines is 1. The minimum absolute atomic E-state index is 0.0434. The molecule has 2 aliphatic heterocycles. The Hall–Kier alpha value is -1.94. The molecule has 1 saturated heterocycles.